The number of methoxy groups -OCH3 is 1. The third kappa shape index (κ3) is 2.21. The molecule has 21 heavy (non-hydrogen) atoms. The minimum Gasteiger partial charge on any atom is -0.507 e. The Kier molecular flexibility index (Phi) is 3.27. The van der Waals surface area contributed by atoms with Gasteiger partial charge in [-0.25, -0.2) is 0 Å². The minimum atomic E-state index is -1.43. The summed E-state index contributed by atoms with van der Waals surface area (Å²) in [6, 6.07) is 11.8. The number of phenolic OH excluding ortho intramolecular Hbond substituents is 1. The molecule has 5 heteroatoms. The summed E-state index contributed by atoms with van der Waals surface area (Å²) in [5.74, 6) is -0.0988. The fraction of sp³-hybridized carbons (Fsp3) is 0.188. The van der Waals surface area contributed by atoms with Gasteiger partial charge < -0.3 is 19.7 Å². The molecule has 2 aromatic rings. The van der Waals surface area contributed by atoms with Crippen LogP contribution in [0.4, 0.5) is 0 Å². The number of benzene rings is 2. The molecule has 0 saturated heterocycles. The van der Waals surface area contributed by atoms with E-state index in [9.17, 15) is 15.0 Å². The van der Waals surface area contributed by atoms with Gasteiger partial charge >= 0.3 is 0 Å². The molecular formula is C16H14O5. The first-order valence-corrected chi connectivity index (χ1v) is 6.46. The lowest BCUT2D eigenvalue weighted by atomic mass is 9.93. The van der Waals surface area contributed by atoms with Crippen LogP contribution in [0.15, 0.2) is 42.5 Å². The normalized spacial score (nSPS) is 20.6. The summed E-state index contributed by atoms with van der Waals surface area (Å²) in [6.07, 6.45) is -2.33. The Morgan fingerprint density at radius 3 is 2.57 bits per heavy atom. The van der Waals surface area contributed by atoms with Crippen LogP contribution in [0, 0.1) is 0 Å². The molecule has 0 unspecified atom stereocenters. The highest BCUT2D eigenvalue weighted by Crippen LogP contribution is 2.45. The SMILES string of the molecule is COc1cc(O)c2c(c1)O[C@@H](c1ccccc1)C(=O)[C@H]2O. The first-order valence-electron chi connectivity index (χ1n) is 6.46. The van der Waals surface area contributed by atoms with Gasteiger partial charge in [-0.1, -0.05) is 30.3 Å². The van der Waals surface area contributed by atoms with E-state index in [-0.39, 0.29) is 17.1 Å². The summed E-state index contributed by atoms with van der Waals surface area (Å²) in [7, 11) is 1.46. The summed E-state index contributed by atoms with van der Waals surface area (Å²) >= 11 is 0. The topological polar surface area (TPSA) is 76.0 Å². The van der Waals surface area contributed by atoms with Gasteiger partial charge in [-0.15, -0.1) is 0 Å². The van der Waals surface area contributed by atoms with Crippen molar-refractivity contribution in [1.82, 2.24) is 0 Å². The zero-order chi connectivity index (χ0) is 15.0. The molecule has 108 valence electrons. The molecule has 2 N–H and O–H groups in total. The molecule has 2 aromatic carbocycles. The van der Waals surface area contributed by atoms with E-state index in [0.29, 0.717) is 11.3 Å². The Morgan fingerprint density at radius 1 is 1.19 bits per heavy atom. The number of aliphatic hydroxyl groups is 1. The zero-order valence-corrected chi connectivity index (χ0v) is 11.3. The molecule has 0 fully saturated rings. The fourth-order valence-corrected chi connectivity index (χ4v) is 2.41. The Bertz CT molecular complexity index is 681. The second-order valence-electron chi connectivity index (χ2n) is 4.77. The monoisotopic (exact) mass is 286 g/mol. The van der Waals surface area contributed by atoms with E-state index in [2.05, 4.69) is 0 Å². The molecule has 0 spiro atoms. The minimum absolute atomic E-state index is 0.0768. The highest BCUT2D eigenvalue weighted by Gasteiger charge is 2.38. The van der Waals surface area contributed by atoms with E-state index in [1.54, 1.807) is 30.3 Å². The Hall–Kier alpha value is -2.53. The van der Waals surface area contributed by atoms with Crippen LogP contribution < -0.4 is 9.47 Å². The summed E-state index contributed by atoms with van der Waals surface area (Å²) in [5, 5.41) is 20.1. The highest BCUT2D eigenvalue weighted by molar-refractivity contribution is 5.92. The van der Waals surface area contributed by atoms with Gasteiger partial charge in [-0.3, -0.25) is 4.79 Å². The number of carbonyl (C=O) groups excluding carboxylic acids is 1. The molecule has 0 radical (unpaired) electrons. The number of carbonyl (C=O) groups is 1. The molecule has 2 atom stereocenters. The van der Waals surface area contributed by atoms with E-state index < -0.39 is 18.0 Å². The lowest BCUT2D eigenvalue weighted by Gasteiger charge is -2.29. The number of aromatic hydroxyl groups is 1. The van der Waals surface area contributed by atoms with Crippen LogP contribution in [0.2, 0.25) is 0 Å². The fourth-order valence-electron chi connectivity index (χ4n) is 2.41. The van der Waals surface area contributed by atoms with E-state index in [1.807, 2.05) is 6.07 Å². The average molecular weight is 286 g/mol. The van der Waals surface area contributed by atoms with Crippen molar-refractivity contribution in [2.24, 2.45) is 0 Å². The molecule has 1 aliphatic heterocycles. The van der Waals surface area contributed by atoms with Crippen LogP contribution in [0.25, 0.3) is 0 Å². The van der Waals surface area contributed by atoms with Crippen molar-refractivity contribution < 1.29 is 24.5 Å². The first kappa shape index (κ1) is 13.5. The quantitative estimate of drug-likeness (QED) is 0.884. The standard InChI is InChI=1S/C16H14O5/c1-20-10-7-11(17)13-12(8-10)21-16(15(19)14(13)18)9-5-3-2-4-6-9/h2-8,14,16-18H,1H3/t14-,16-/m0/s1. The molecule has 5 nitrogen and oxygen atoms in total. The Morgan fingerprint density at radius 2 is 1.90 bits per heavy atom. The van der Waals surface area contributed by atoms with E-state index in [4.69, 9.17) is 9.47 Å². The summed E-state index contributed by atoms with van der Waals surface area (Å²) in [6.45, 7) is 0. The van der Waals surface area contributed by atoms with Gasteiger partial charge in [0.2, 0.25) is 5.78 Å². The molecule has 0 aromatic heterocycles. The summed E-state index contributed by atoms with van der Waals surface area (Å²) in [5.41, 5.74) is 0.725. The van der Waals surface area contributed by atoms with Crippen LogP contribution in [-0.4, -0.2) is 23.1 Å². The van der Waals surface area contributed by atoms with Crippen molar-refractivity contribution in [3.8, 4) is 17.2 Å². The van der Waals surface area contributed by atoms with E-state index in [1.165, 1.54) is 13.2 Å². The second kappa shape index (κ2) is 5.10. The van der Waals surface area contributed by atoms with Gasteiger partial charge in [-0.2, -0.15) is 0 Å². The van der Waals surface area contributed by atoms with Crippen molar-refractivity contribution in [2.45, 2.75) is 12.2 Å². The number of phenols is 1. The molecule has 0 saturated carbocycles. The molecule has 1 heterocycles. The molecule has 0 amide bonds. The van der Waals surface area contributed by atoms with Gasteiger partial charge in [0, 0.05) is 12.1 Å². The smallest absolute Gasteiger partial charge is 0.211 e. The zero-order valence-electron chi connectivity index (χ0n) is 11.3. The van der Waals surface area contributed by atoms with Gasteiger partial charge in [-0.05, 0) is 5.56 Å². The third-order valence-electron chi connectivity index (χ3n) is 3.48. The van der Waals surface area contributed by atoms with Crippen molar-refractivity contribution in [2.75, 3.05) is 7.11 Å². The van der Waals surface area contributed by atoms with Crippen LogP contribution >= 0.6 is 0 Å². The van der Waals surface area contributed by atoms with Crippen LogP contribution in [0.1, 0.15) is 23.3 Å². The van der Waals surface area contributed by atoms with Crippen LogP contribution in [-0.2, 0) is 4.79 Å². The summed E-state index contributed by atoms with van der Waals surface area (Å²) in [4.78, 5) is 12.3. The van der Waals surface area contributed by atoms with Crippen molar-refractivity contribution >= 4 is 5.78 Å². The maximum Gasteiger partial charge on any atom is 0.211 e. The van der Waals surface area contributed by atoms with Gasteiger partial charge in [0.25, 0.3) is 0 Å². The number of hydrogen-bond donors (Lipinski definition) is 2. The number of rotatable bonds is 2. The van der Waals surface area contributed by atoms with Crippen molar-refractivity contribution in [1.29, 1.82) is 0 Å². The number of Topliss-reactive ketones (excluding diaryl/α,β-unsaturated/α-hetero) is 1. The van der Waals surface area contributed by atoms with E-state index >= 15 is 0 Å². The number of hydrogen-bond acceptors (Lipinski definition) is 5. The van der Waals surface area contributed by atoms with Crippen molar-refractivity contribution in [3.63, 3.8) is 0 Å². The van der Waals surface area contributed by atoms with Gasteiger partial charge in [0.05, 0.1) is 12.7 Å². The van der Waals surface area contributed by atoms with Gasteiger partial charge in [0.1, 0.15) is 23.4 Å². The largest absolute Gasteiger partial charge is 0.507 e. The molecule has 1 aliphatic rings. The van der Waals surface area contributed by atoms with Crippen LogP contribution in [0.3, 0.4) is 0 Å². The highest BCUT2D eigenvalue weighted by atomic mass is 16.5. The molecule has 3 rings (SSSR count). The second-order valence-corrected chi connectivity index (χ2v) is 4.77. The predicted octanol–water partition coefficient (Wildman–Crippen LogP) is 2.14. The van der Waals surface area contributed by atoms with Crippen LogP contribution in [0.5, 0.6) is 17.2 Å². The van der Waals surface area contributed by atoms with E-state index in [0.717, 1.165) is 0 Å². The lowest BCUT2D eigenvalue weighted by molar-refractivity contribution is -0.137. The molecule has 0 aliphatic carbocycles. The molecular weight excluding hydrogens is 272 g/mol. The average Bonchev–Trinajstić information content (AvgIpc) is 2.51. The molecule has 0 bridgehead atoms. The lowest BCUT2D eigenvalue weighted by Crippen LogP contribution is -2.30. The number of ether oxygens (including phenoxy) is 2. The van der Waals surface area contributed by atoms with Gasteiger partial charge in [0.15, 0.2) is 6.10 Å². The number of ketones is 1. The summed E-state index contributed by atoms with van der Waals surface area (Å²) < 4.78 is 10.7. The Labute approximate surface area is 121 Å². The third-order valence-corrected chi connectivity index (χ3v) is 3.48. The maximum atomic E-state index is 12.3. The Balaban J connectivity index is 2.08. The number of aliphatic hydroxyl groups excluding tert-OH is 1. The van der Waals surface area contributed by atoms with Crippen molar-refractivity contribution in [3.05, 3.63) is 53.6 Å². The first-order chi connectivity index (χ1) is 10.1. The number of fused-ring (bicyclic) bond motifs is 1. The predicted molar refractivity (Wildman–Crippen MR) is 74.4 cm³/mol. The maximum absolute atomic E-state index is 12.3.